The second-order valence-electron chi connectivity index (χ2n) is 5.39. The van der Waals surface area contributed by atoms with Crippen molar-refractivity contribution in [1.29, 1.82) is 0 Å². The first kappa shape index (κ1) is 12.6. The van der Waals surface area contributed by atoms with Gasteiger partial charge >= 0.3 is 0 Å². The van der Waals surface area contributed by atoms with E-state index in [1.807, 2.05) is 6.07 Å². The number of nitrogens with one attached hydrogen (secondary N) is 1. The second kappa shape index (κ2) is 6.18. The molecular weight excluding hydrogens is 210 g/mol. The Morgan fingerprint density at radius 1 is 1.29 bits per heavy atom. The molecule has 0 aromatic heterocycles. The van der Waals surface area contributed by atoms with Crippen molar-refractivity contribution >= 4 is 0 Å². The Morgan fingerprint density at radius 3 is 2.76 bits per heavy atom. The molecule has 1 aliphatic rings. The van der Waals surface area contributed by atoms with Crippen LogP contribution in [-0.4, -0.2) is 18.7 Å². The third-order valence-corrected chi connectivity index (χ3v) is 3.27. The molecule has 1 aromatic carbocycles. The molecule has 0 bridgehead atoms. The molecule has 94 valence electrons. The van der Waals surface area contributed by atoms with E-state index in [2.05, 4.69) is 43.4 Å². The highest BCUT2D eigenvalue weighted by Crippen LogP contribution is 2.18. The molecular formula is C15H23NO. The van der Waals surface area contributed by atoms with Crippen LogP contribution in [0.15, 0.2) is 30.3 Å². The van der Waals surface area contributed by atoms with Crippen LogP contribution in [0.1, 0.15) is 32.3 Å². The summed E-state index contributed by atoms with van der Waals surface area (Å²) in [5.74, 6) is 0.764. The predicted octanol–water partition coefficient (Wildman–Crippen LogP) is 2.98. The molecule has 17 heavy (non-hydrogen) atoms. The van der Waals surface area contributed by atoms with Gasteiger partial charge in [-0.15, -0.1) is 0 Å². The zero-order chi connectivity index (χ0) is 12.1. The molecule has 0 amide bonds. The van der Waals surface area contributed by atoms with Crippen molar-refractivity contribution in [1.82, 2.24) is 5.32 Å². The smallest absolute Gasteiger partial charge is 0.0721 e. The highest BCUT2D eigenvalue weighted by Gasteiger charge is 2.24. The van der Waals surface area contributed by atoms with Crippen LogP contribution in [0.25, 0.3) is 0 Å². The van der Waals surface area contributed by atoms with Crippen LogP contribution in [0.5, 0.6) is 0 Å². The Hall–Kier alpha value is -0.860. The van der Waals surface area contributed by atoms with Crippen LogP contribution in [0.3, 0.4) is 0 Å². The lowest BCUT2D eigenvalue weighted by molar-refractivity contribution is 0.0522. The van der Waals surface area contributed by atoms with Crippen LogP contribution in [-0.2, 0) is 11.3 Å². The fraction of sp³-hybridized carbons (Fsp3) is 0.600. The first-order valence-corrected chi connectivity index (χ1v) is 6.63. The van der Waals surface area contributed by atoms with Crippen molar-refractivity contribution in [2.45, 2.75) is 45.4 Å². The maximum atomic E-state index is 5.94. The van der Waals surface area contributed by atoms with Crippen LogP contribution in [0.2, 0.25) is 0 Å². The quantitative estimate of drug-likeness (QED) is 0.844. The molecule has 1 N–H and O–H groups in total. The van der Waals surface area contributed by atoms with E-state index >= 15 is 0 Å². The largest absolute Gasteiger partial charge is 0.372 e. The van der Waals surface area contributed by atoms with E-state index in [-0.39, 0.29) is 0 Å². The van der Waals surface area contributed by atoms with Gasteiger partial charge in [0.1, 0.15) is 0 Å². The Labute approximate surface area is 104 Å². The number of hydrogen-bond acceptors (Lipinski definition) is 2. The fourth-order valence-electron chi connectivity index (χ4n) is 2.45. The van der Waals surface area contributed by atoms with E-state index in [0.717, 1.165) is 25.5 Å². The average molecular weight is 233 g/mol. The molecule has 0 unspecified atom stereocenters. The van der Waals surface area contributed by atoms with Gasteiger partial charge in [-0.2, -0.15) is 0 Å². The summed E-state index contributed by atoms with van der Waals surface area (Å²) in [6, 6.07) is 11.1. The number of rotatable bonds is 5. The Kier molecular flexibility index (Phi) is 4.57. The van der Waals surface area contributed by atoms with Gasteiger partial charge in [0.15, 0.2) is 0 Å². The third-order valence-electron chi connectivity index (χ3n) is 3.27. The maximum Gasteiger partial charge on any atom is 0.0721 e. The van der Waals surface area contributed by atoms with Crippen molar-refractivity contribution in [2.24, 2.45) is 5.92 Å². The minimum atomic E-state index is 0.388. The van der Waals surface area contributed by atoms with Gasteiger partial charge in [-0.25, -0.2) is 0 Å². The minimum absolute atomic E-state index is 0.388. The molecule has 2 atom stereocenters. The van der Waals surface area contributed by atoms with Crippen molar-refractivity contribution < 1.29 is 4.74 Å². The van der Waals surface area contributed by atoms with Crippen LogP contribution >= 0.6 is 0 Å². The number of ether oxygens (including phenoxy) is 1. The predicted molar refractivity (Wildman–Crippen MR) is 70.9 cm³/mol. The summed E-state index contributed by atoms with van der Waals surface area (Å²) in [7, 11) is 0. The van der Waals surface area contributed by atoms with Gasteiger partial charge in [0.2, 0.25) is 0 Å². The first-order valence-electron chi connectivity index (χ1n) is 6.63. The molecule has 1 heterocycles. The van der Waals surface area contributed by atoms with E-state index in [0.29, 0.717) is 12.1 Å². The van der Waals surface area contributed by atoms with Gasteiger partial charge in [0, 0.05) is 12.6 Å². The summed E-state index contributed by atoms with van der Waals surface area (Å²) in [4.78, 5) is 0. The van der Waals surface area contributed by atoms with Gasteiger partial charge in [0.25, 0.3) is 0 Å². The van der Waals surface area contributed by atoms with E-state index in [4.69, 9.17) is 4.74 Å². The topological polar surface area (TPSA) is 21.3 Å². The van der Waals surface area contributed by atoms with Crippen molar-refractivity contribution in [2.75, 3.05) is 6.54 Å². The van der Waals surface area contributed by atoms with Gasteiger partial charge < -0.3 is 10.1 Å². The van der Waals surface area contributed by atoms with Crippen molar-refractivity contribution in [3.05, 3.63) is 35.9 Å². The fourth-order valence-corrected chi connectivity index (χ4v) is 2.45. The Bertz CT molecular complexity index is 323. The Morgan fingerprint density at radius 2 is 2.06 bits per heavy atom. The average Bonchev–Trinajstić information content (AvgIpc) is 2.75. The molecule has 1 saturated heterocycles. The second-order valence-corrected chi connectivity index (χ2v) is 5.39. The van der Waals surface area contributed by atoms with Crippen molar-refractivity contribution in [3.8, 4) is 0 Å². The summed E-state index contributed by atoms with van der Waals surface area (Å²) in [5.41, 5.74) is 1.26. The highest BCUT2D eigenvalue weighted by molar-refractivity contribution is 5.13. The zero-order valence-electron chi connectivity index (χ0n) is 10.9. The minimum Gasteiger partial charge on any atom is -0.372 e. The molecule has 1 fully saturated rings. The molecule has 2 nitrogen and oxygen atoms in total. The molecule has 2 rings (SSSR count). The normalized spacial score (nSPS) is 24.4. The van der Waals surface area contributed by atoms with E-state index in [1.165, 1.54) is 12.0 Å². The molecule has 0 spiro atoms. The van der Waals surface area contributed by atoms with Crippen LogP contribution in [0, 0.1) is 5.92 Å². The lowest BCUT2D eigenvalue weighted by Crippen LogP contribution is -2.23. The number of benzene rings is 1. The summed E-state index contributed by atoms with van der Waals surface area (Å²) in [6.07, 6.45) is 2.80. The summed E-state index contributed by atoms with van der Waals surface area (Å²) in [5, 5.41) is 3.55. The van der Waals surface area contributed by atoms with E-state index < -0.39 is 0 Å². The summed E-state index contributed by atoms with van der Waals surface area (Å²) in [6.45, 7) is 6.30. The lowest BCUT2D eigenvalue weighted by atomic mass is 10.0. The molecule has 1 aromatic rings. The SMILES string of the molecule is CC(C)C[C@@H]1C[C@@H](OCc2ccccc2)CN1. The van der Waals surface area contributed by atoms with Gasteiger partial charge in [0.05, 0.1) is 12.7 Å². The molecule has 0 saturated carbocycles. The zero-order valence-corrected chi connectivity index (χ0v) is 10.9. The Balaban J connectivity index is 1.71. The number of hydrogen-bond donors (Lipinski definition) is 1. The van der Waals surface area contributed by atoms with Gasteiger partial charge in [-0.05, 0) is 24.3 Å². The van der Waals surface area contributed by atoms with E-state index in [9.17, 15) is 0 Å². The maximum absolute atomic E-state index is 5.94. The third kappa shape index (κ3) is 4.14. The lowest BCUT2D eigenvalue weighted by Gasteiger charge is -2.13. The molecule has 0 aliphatic carbocycles. The summed E-state index contributed by atoms with van der Waals surface area (Å²) < 4.78 is 5.94. The summed E-state index contributed by atoms with van der Waals surface area (Å²) >= 11 is 0. The van der Waals surface area contributed by atoms with E-state index in [1.54, 1.807) is 0 Å². The highest BCUT2D eigenvalue weighted by atomic mass is 16.5. The van der Waals surface area contributed by atoms with Crippen LogP contribution < -0.4 is 5.32 Å². The van der Waals surface area contributed by atoms with Gasteiger partial charge in [-0.3, -0.25) is 0 Å². The molecule has 1 aliphatic heterocycles. The molecule has 0 radical (unpaired) electrons. The molecule has 2 heteroatoms. The monoisotopic (exact) mass is 233 g/mol. The first-order chi connectivity index (χ1) is 8.24. The standard InChI is InChI=1S/C15H23NO/c1-12(2)8-14-9-15(10-16-14)17-11-13-6-4-3-5-7-13/h3-7,12,14-16H,8-11H2,1-2H3/t14-,15-/m1/s1. The van der Waals surface area contributed by atoms with Crippen LogP contribution in [0.4, 0.5) is 0 Å². The van der Waals surface area contributed by atoms with Gasteiger partial charge in [-0.1, -0.05) is 44.2 Å². The van der Waals surface area contributed by atoms with Crippen molar-refractivity contribution in [3.63, 3.8) is 0 Å².